The molecule has 0 unspecified atom stereocenters. The third kappa shape index (κ3) is 3.92. The monoisotopic (exact) mass is 338 g/mol. The minimum absolute atomic E-state index is 0.117. The molecule has 0 aliphatic heterocycles. The quantitative estimate of drug-likeness (QED) is 0.644. The Bertz CT molecular complexity index is 767. The Balaban J connectivity index is 1.54. The van der Waals surface area contributed by atoms with Crippen molar-refractivity contribution in [3.05, 3.63) is 48.9 Å². The van der Waals surface area contributed by atoms with Crippen LogP contribution in [0, 0.1) is 0 Å². The molecule has 0 N–H and O–H groups in total. The van der Waals surface area contributed by atoms with E-state index in [1.807, 2.05) is 10.8 Å². The number of ether oxygens (including phenoxy) is 1. The summed E-state index contributed by atoms with van der Waals surface area (Å²) in [6.45, 7) is 1.30. The average Bonchev–Trinajstić information content (AvgIpc) is 3.23. The zero-order chi connectivity index (χ0) is 17.0. The largest absolute Gasteiger partial charge is 0.494 e. The zero-order valence-electron chi connectivity index (χ0n) is 12.4. The lowest BCUT2D eigenvalue weighted by Gasteiger charge is -2.06. The lowest BCUT2D eigenvalue weighted by atomic mass is 10.2. The molecule has 24 heavy (non-hydrogen) atoms. The first-order valence-corrected chi connectivity index (χ1v) is 7.12. The number of alkyl halides is 3. The molecule has 0 bridgehead atoms. The fraction of sp³-hybridized carbons (Fsp3) is 0.267. The lowest BCUT2D eigenvalue weighted by molar-refractivity contribution is -0.159. The predicted molar refractivity (Wildman–Crippen MR) is 77.1 cm³/mol. The summed E-state index contributed by atoms with van der Waals surface area (Å²) in [7, 11) is 0. The van der Waals surface area contributed by atoms with Crippen LogP contribution in [0.15, 0.2) is 47.5 Å². The van der Waals surface area contributed by atoms with Crippen LogP contribution in [-0.2, 0) is 12.7 Å². The zero-order valence-corrected chi connectivity index (χ0v) is 12.4. The van der Waals surface area contributed by atoms with Crippen molar-refractivity contribution in [2.75, 3.05) is 6.61 Å². The van der Waals surface area contributed by atoms with Gasteiger partial charge in [0, 0.05) is 24.5 Å². The van der Waals surface area contributed by atoms with E-state index in [-0.39, 0.29) is 5.82 Å². The molecule has 1 aromatic carbocycles. The van der Waals surface area contributed by atoms with Crippen LogP contribution >= 0.6 is 0 Å². The first kappa shape index (κ1) is 16.0. The van der Waals surface area contributed by atoms with E-state index in [1.54, 1.807) is 36.8 Å². The molecule has 6 nitrogen and oxygen atoms in total. The first-order valence-electron chi connectivity index (χ1n) is 7.12. The van der Waals surface area contributed by atoms with E-state index in [9.17, 15) is 13.2 Å². The number of aryl methyl sites for hydroxylation is 1. The minimum Gasteiger partial charge on any atom is -0.494 e. The molecule has 0 saturated heterocycles. The molecule has 2 aromatic heterocycles. The Labute approximate surface area is 134 Å². The topological polar surface area (TPSA) is 66.0 Å². The maximum Gasteiger partial charge on any atom is 0.471 e. The van der Waals surface area contributed by atoms with Crippen molar-refractivity contribution in [1.82, 2.24) is 19.7 Å². The Hall–Kier alpha value is -2.84. The number of halogens is 3. The van der Waals surface area contributed by atoms with Gasteiger partial charge in [0.25, 0.3) is 0 Å². The maximum absolute atomic E-state index is 12.4. The number of rotatable bonds is 6. The van der Waals surface area contributed by atoms with Crippen LogP contribution in [0.2, 0.25) is 0 Å². The van der Waals surface area contributed by atoms with Crippen molar-refractivity contribution in [1.29, 1.82) is 0 Å². The van der Waals surface area contributed by atoms with Gasteiger partial charge < -0.3 is 13.8 Å². The fourth-order valence-electron chi connectivity index (χ4n) is 2.01. The van der Waals surface area contributed by atoms with E-state index in [0.717, 1.165) is 13.0 Å². The van der Waals surface area contributed by atoms with Crippen LogP contribution in [0.1, 0.15) is 12.3 Å². The highest BCUT2D eigenvalue weighted by Crippen LogP contribution is 2.29. The molecule has 0 aliphatic rings. The summed E-state index contributed by atoms with van der Waals surface area (Å²) in [4.78, 5) is 7.28. The van der Waals surface area contributed by atoms with Crippen LogP contribution in [0.3, 0.4) is 0 Å². The highest BCUT2D eigenvalue weighted by Gasteiger charge is 2.38. The molecule has 126 valence electrons. The van der Waals surface area contributed by atoms with Crippen LogP contribution in [0.25, 0.3) is 11.4 Å². The molecule has 0 amide bonds. The summed E-state index contributed by atoms with van der Waals surface area (Å²) < 4.78 is 49.0. The highest BCUT2D eigenvalue weighted by atomic mass is 19.4. The summed E-state index contributed by atoms with van der Waals surface area (Å²) in [5, 5.41) is 3.33. The van der Waals surface area contributed by atoms with Crippen LogP contribution < -0.4 is 4.74 Å². The summed E-state index contributed by atoms with van der Waals surface area (Å²) in [6.07, 6.45) is 1.47. The number of aromatic nitrogens is 4. The highest BCUT2D eigenvalue weighted by molar-refractivity contribution is 5.55. The van der Waals surface area contributed by atoms with Gasteiger partial charge in [-0.25, -0.2) is 4.98 Å². The van der Waals surface area contributed by atoms with Gasteiger partial charge in [-0.3, -0.25) is 0 Å². The van der Waals surface area contributed by atoms with E-state index < -0.39 is 12.1 Å². The van der Waals surface area contributed by atoms with Gasteiger partial charge in [-0.2, -0.15) is 18.2 Å². The van der Waals surface area contributed by atoms with Crippen molar-refractivity contribution in [2.24, 2.45) is 0 Å². The summed E-state index contributed by atoms with van der Waals surface area (Å²) >= 11 is 0. The predicted octanol–water partition coefficient (Wildman–Crippen LogP) is 3.42. The summed E-state index contributed by atoms with van der Waals surface area (Å²) in [5.41, 5.74) is 0.417. The van der Waals surface area contributed by atoms with Gasteiger partial charge in [0.15, 0.2) is 0 Å². The Morgan fingerprint density at radius 3 is 2.58 bits per heavy atom. The van der Waals surface area contributed by atoms with E-state index >= 15 is 0 Å². The van der Waals surface area contributed by atoms with Crippen molar-refractivity contribution in [3.8, 4) is 17.1 Å². The van der Waals surface area contributed by atoms with Crippen LogP contribution in [0.5, 0.6) is 5.75 Å². The normalized spacial score (nSPS) is 11.6. The van der Waals surface area contributed by atoms with Gasteiger partial charge in [0.05, 0.1) is 12.9 Å². The summed E-state index contributed by atoms with van der Waals surface area (Å²) in [6, 6.07) is 6.46. The molecule has 0 saturated carbocycles. The number of benzene rings is 1. The molecule has 2 heterocycles. The third-order valence-electron chi connectivity index (χ3n) is 3.17. The van der Waals surface area contributed by atoms with Crippen molar-refractivity contribution in [3.63, 3.8) is 0 Å². The van der Waals surface area contributed by atoms with Crippen LogP contribution in [0.4, 0.5) is 13.2 Å². The molecule has 0 radical (unpaired) electrons. The second-order valence-electron chi connectivity index (χ2n) is 4.95. The van der Waals surface area contributed by atoms with Crippen molar-refractivity contribution >= 4 is 0 Å². The van der Waals surface area contributed by atoms with Gasteiger partial charge >= 0.3 is 12.1 Å². The second kappa shape index (κ2) is 6.73. The molecule has 9 heteroatoms. The van der Waals surface area contributed by atoms with Gasteiger partial charge in [-0.1, -0.05) is 5.16 Å². The fourth-order valence-corrected chi connectivity index (χ4v) is 2.01. The molecule has 0 aliphatic carbocycles. The molecule has 0 atom stereocenters. The molecule has 0 spiro atoms. The van der Waals surface area contributed by atoms with Crippen molar-refractivity contribution in [2.45, 2.75) is 19.1 Å². The first-order chi connectivity index (χ1) is 11.5. The SMILES string of the molecule is FC(F)(F)c1nc(-c2ccc(OCCCn3ccnc3)cc2)no1. The van der Waals surface area contributed by atoms with Gasteiger partial charge in [0.2, 0.25) is 5.82 Å². The molecular formula is C15H13F3N4O2. The Morgan fingerprint density at radius 2 is 1.96 bits per heavy atom. The van der Waals surface area contributed by atoms with Crippen molar-refractivity contribution < 1.29 is 22.4 Å². The maximum atomic E-state index is 12.4. The van der Waals surface area contributed by atoms with Crippen LogP contribution in [-0.4, -0.2) is 26.3 Å². The molecule has 3 rings (SSSR count). The smallest absolute Gasteiger partial charge is 0.471 e. The molecule has 0 fully saturated rings. The average molecular weight is 338 g/mol. The van der Waals surface area contributed by atoms with Gasteiger partial charge in [-0.05, 0) is 30.7 Å². The summed E-state index contributed by atoms with van der Waals surface area (Å²) in [5.74, 6) is -0.866. The third-order valence-corrected chi connectivity index (χ3v) is 3.17. The second-order valence-corrected chi connectivity index (χ2v) is 4.95. The number of hydrogen-bond donors (Lipinski definition) is 0. The lowest BCUT2D eigenvalue weighted by Crippen LogP contribution is -2.04. The Morgan fingerprint density at radius 1 is 1.17 bits per heavy atom. The molecular weight excluding hydrogens is 325 g/mol. The van der Waals surface area contributed by atoms with E-state index in [2.05, 4.69) is 19.6 Å². The number of nitrogens with zero attached hydrogens (tertiary/aromatic N) is 4. The van der Waals surface area contributed by atoms with E-state index in [0.29, 0.717) is 17.9 Å². The van der Waals surface area contributed by atoms with Gasteiger partial charge in [0.1, 0.15) is 5.75 Å². The Kier molecular flexibility index (Phi) is 4.50. The number of hydrogen-bond acceptors (Lipinski definition) is 5. The number of imidazole rings is 1. The van der Waals surface area contributed by atoms with Gasteiger partial charge in [-0.15, -0.1) is 0 Å². The van der Waals surface area contributed by atoms with E-state index in [1.165, 1.54) is 0 Å². The van der Waals surface area contributed by atoms with E-state index in [4.69, 9.17) is 4.74 Å². The molecule has 3 aromatic rings. The minimum atomic E-state index is -4.65. The standard InChI is InChI=1S/C15H13F3N4O2/c16-15(17,18)14-20-13(21-24-14)11-2-4-12(5-3-11)23-9-1-7-22-8-6-19-10-22/h2-6,8,10H,1,7,9H2.